The van der Waals surface area contributed by atoms with Crippen LogP contribution in [0.1, 0.15) is 29.3 Å². The van der Waals surface area contributed by atoms with E-state index in [9.17, 15) is 4.79 Å². The van der Waals surface area contributed by atoms with Crippen molar-refractivity contribution in [2.75, 3.05) is 0 Å². The van der Waals surface area contributed by atoms with Crippen LogP contribution in [0.15, 0.2) is 54.6 Å². The quantitative estimate of drug-likeness (QED) is 0.613. The summed E-state index contributed by atoms with van der Waals surface area (Å²) in [5, 5.41) is 1.04. The van der Waals surface area contributed by atoms with E-state index in [1.54, 1.807) is 0 Å². The van der Waals surface area contributed by atoms with E-state index < -0.39 is 0 Å². The zero-order valence-corrected chi connectivity index (χ0v) is 12.1. The molecule has 2 rings (SSSR count). The maximum atomic E-state index is 11.9. The third kappa shape index (κ3) is 3.32. The van der Waals surface area contributed by atoms with Gasteiger partial charge >= 0.3 is 114 Å². The van der Waals surface area contributed by atoms with Gasteiger partial charge in [-0.25, -0.2) is 0 Å². The van der Waals surface area contributed by atoms with Gasteiger partial charge in [0.25, 0.3) is 0 Å². The summed E-state index contributed by atoms with van der Waals surface area (Å²) in [6.45, 7) is 1.92. The van der Waals surface area contributed by atoms with E-state index in [1.165, 1.54) is 10.0 Å². The van der Waals surface area contributed by atoms with Gasteiger partial charge in [-0.05, 0) is 0 Å². The van der Waals surface area contributed by atoms with Crippen LogP contribution in [0.3, 0.4) is 0 Å². The van der Waals surface area contributed by atoms with Gasteiger partial charge in [-0.3, -0.25) is 0 Å². The average molecular weight is 303 g/mol. The third-order valence-corrected chi connectivity index (χ3v) is 5.15. The van der Waals surface area contributed by atoms with E-state index in [1.807, 2.05) is 31.2 Å². The summed E-state index contributed by atoms with van der Waals surface area (Å²) in [5.41, 5.74) is 2.26. The van der Waals surface area contributed by atoms with E-state index in [2.05, 4.69) is 30.3 Å². The zero-order chi connectivity index (χ0) is 12.8. The Kier molecular flexibility index (Phi) is 4.74. The molecule has 0 N–H and O–H groups in total. The second kappa shape index (κ2) is 6.53. The SMILES string of the molecule is CCC(=O)c1ccccc1[Se]Cc1ccccc1. The molecule has 18 heavy (non-hydrogen) atoms. The molecule has 0 aliphatic carbocycles. The number of rotatable bonds is 5. The summed E-state index contributed by atoms with van der Waals surface area (Å²) in [6.07, 6.45) is 0.582. The fourth-order valence-corrected chi connectivity index (χ4v) is 3.90. The van der Waals surface area contributed by atoms with Crippen molar-refractivity contribution in [1.82, 2.24) is 0 Å². The van der Waals surface area contributed by atoms with Crippen molar-refractivity contribution in [1.29, 1.82) is 0 Å². The van der Waals surface area contributed by atoms with Crippen LogP contribution in [-0.4, -0.2) is 20.7 Å². The van der Waals surface area contributed by atoms with Crippen LogP contribution in [0.4, 0.5) is 0 Å². The molecule has 2 aromatic rings. The van der Waals surface area contributed by atoms with E-state index in [-0.39, 0.29) is 5.78 Å². The molecule has 0 unspecified atom stereocenters. The molecule has 0 saturated carbocycles. The molecular weight excluding hydrogens is 287 g/mol. The first kappa shape index (κ1) is 13.1. The molecule has 2 heteroatoms. The van der Waals surface area contributed by atoms with Crippen molar-refractivity contribution in [3.05, 3.63) is 65.7 Å². The monoisotopic (exact) mass is 304 g/mol. The van der Waals surface area contributed by atoms with Crippen LogP contribution in [0.25, 0.3) is 0 Å². The van der Waals surface area contributed by atoms with Crippen molar-refractivity contribution < 1.29 is 4.79 Å². The molecule has 0 fully saturated rings. The second-order valence-electron chi connectivity index (χ2n) is 4.05. The molecule has 0 amide bonds. The number of Topliss-reactive ketones (excluding diaryl/α,β-unsaturated/α-hetero) is 1. The normalized spacial score (nSPS) is 10.3. The van der Waals surface area contributed by atoms with Gasteiger partial charge in [-0.1, -0.05) is 0 Å². The first-order valence-electron chi connectivity index (χ1n) is 6.10. The fourth-order valence-electron chi connectivity index (χ4n) is 1.75. The fraction of sp³-hybridized carbons (Fsp3) is 0.188. The second-order valence-corrected chi connectivity index (χ2v) is 6.18. The van der Waals surface area contributed by atoms with Gasteiger partial charge in [0.2, 0.25) is 0 Å². The Morgan fingerprint density at radius 1 is 1.00 bits per heavy atom. The number of carbonyl (C=O) groups is 1. The third-order valence-electron chi connectivity index (χ3n) is 2.75. The summed E-state index contributed by atoms with van der Waals surface area (Å²) in [4.78, 5) is 11.9. The van der Waals surface area contributed by atoms with Gasteiger partial charge < -0.3 is 0 Å². The zero-order valence-electron chi connectivity index (χ0n) is 10.4. The minimum atomic E-state index is 0.250. The van der Waals surface area contributed by atoms with Crippen LogP contribution in [0.2, 0.25) is 0 Å². The predicted octanol–water partition coefficient (Wildman–Crippen LogP) is 2.81. The first-order chi connectivity index (χ1) is 8.81. The van der Waals surface area contributed by atoms with Gasteiger partial charge in [0.15, 0.2) is 0 Å². The average Bonchev–Trinajstić information content (AvgIpc) is 2.45. The molecule has 0 heterocycles. The molecule has 0 aromatic heterocycles. The van der Waals surface area contributed by atoms with E-state index in [0.29, 0.717) is 21.4 Å². The summed E-state index contributed by atoms with van der Waals surface area (Å²) in [5.74, 6) is 0.250. The number of ketones is 1. The minimum absolute atomic E-state index is 0.250. The van der Waals surface area contributed by atoms with Crippen molar-refractivity contribution in [2.24, 2.45) is 0 Å². The Bertz CT molecular complexity index is 520. The van der Waals surface area contributed by atoms with E-state index in [0.717, 1.165) is 10.9 Å². The number of benzene rings is 2. The molecular formula is C16H16OSe. The Morgan fingerprint density at radius 3 is 2.39 bits per heavy atom. The van der Waals surface area contributed by atoms with Crippen molar-refractivity contribution in [3.63, 3.8) is 0 Å². The van der Waals surface area contributed by atoms with Gasteiger partial charge in [0, 0.05) is 0 Å². The van der Waals surface area contributed by atoms with Gasteiger partial charge in [-0.2, -0.15) is 0 Å². The van der Waals surface area contributed by atoms with E-state index in [4.69, 9.17) is 0 Å². The van der Waals surface area contributed by atoms with Crippen molar-refractivity contribution in [2.45, 2.75) is 18.7 Å². The predicted molar refractivity (Wildman–Crippen MR) is 76.6 cm³/mol. The van der Waals surface area contributed by atoms with Gasteiger partial charge in [0.05, 0.1) is 0 Å². The Balaban J connectivity index is 2.12. The Hall–Kier alpha value is -1.37. The molecule has 0 radical (unpaired) electrons. The molecule has 0 bridgehead atoms. The van der Waals surface area contributed by atoms with Crippen LogP contribution < -0.4 is 4.46 Å². The van der Waals surface area contributed by atoms with E-state index >= 15 is 0 Å². The van der Waals surface area contributed by atoms with Crippen LogP contribution >= 0.6 is 0 Å². The summed E-state index contributed by atoms with van der Waals surface area (Å²) >= 11 is 0.322. The molecule has 92 valence electrons. The van der Waals surface area contributed by atoms with Crippen molar-refractivity contribution >= 4 is 25.2 Å². The molecule has 0 atom stereocenters. The summed E-state index contributed by atoms with van der Waals surface area (Å²) < 4.78 is 1.22. The van der Waals surface area contributed by atoms with Gasteiger partial charge in [-0.15, -0.1) is 0 Å². The molecule has 0 aliphatic rings. The molecule has 0 saturated heterocycles. The summed E-state index contributed by atoms with van der Waals surface area (Å²) in [7, 11) is 0. The van der Waals surface area contributed by atoms with Crippen LogP contribution in [0.5, 0.6) is 0 Å². The molecule has 1 nitrogen and oxygen atoms in total. The summed E-state index contributed by atoms with van der Waals surface area (Å²) in [6, 6.07) is 18.5. The topological polar surface area (TPSA) is 17.1 Å². The van der Waals surface area contributed by atoms with Crippen molar-refractivity contribution in [3.8, 4) is 0 Å². The Labute approximate surface area is 114 Å². The maximum absolute atomic E-state index is 11.9. The molecule has 0 spiro atoms. The first-order valence-corrected chi connectivity index (χ1v) is 8.17. The van der Waals surface area contributed by atoms with Crippen LogP contribution in [-0.2, 0) is 5.32 Å². The molecule has 2 aromatic carbocycles. The number of hydrogen-bond acceptors (Lipinski definition) is 1. The number of hydrogen-bond donors (Lipinski definition) is 0. The van der Waals surface area contributed by atoms with Crippen LogP contribution in [0, 0.1) is 0 Å². The Morgan fingerprint density at radius 2 is 1.67 bits per heavy atom. The standard InChI is InChI=1S/C16H16OSe/c1-2-15(17)14-10-6-7-11-16(14)18-12-13-8-4-3-5-9-13/h3-11H,2,12H2,1H3. The van der Waals surface area contributed by atoms with Gasteiger partial charge in [0.1, 0.15) is 0 Å². The number of carbonyl (C=O) groups excluding carboxylic acids is 1. The molecule has 0 aliphatic heterocycles.